The van der Waals surface area contributed by atoms with E-state index in [1.165, 1.54) is 18.2 Å². The Bertz CT molecular complexity index is 897. The summed E-state index contributed by atoms with van der Waals surface area (Å²) in [6, 6.07) is 19.2. The molecular formula is C18H13O3P. The molecule has 0 saturated heterocycles. The second kappa shape index (κ2) is 4.49. The van der Waals surface area contributed by atoms with Crippen molar-refractivity contribution in [1.29, 1.82) is 0 Å². The topological polar surface area (TPSA) is 57.5 Å². The van der Waals surface area contributed by atoms with Crippen LogP contribution in [-0.2, 0) is 4.57 Å². The van der Waals surface area contributed by atoms with Gasteiger partial charge in [-0.3, -0.25) is 0 Å². The van der Waals surface area contributed by atoms with Gasteiger partial charge in [-0.1, -0.05) is 48.5 Å². The van der Waals surface area contributed by atoms with Crippen molar-refractivity contribution in [2.75, 3.05) is 0 Å². The maximum atomic E-state index is 14.0. The van der Waals surface area contributed by atoms with Crippen molar-refractivity contribution < 1.29 is 14.8 Å². The molecule has 0 aromatic heterocycles. The van der Waals surface area contributed by atoms with E-state index in [0.717, 1.165) is 11.1 Å². The molecule has 0 bridgehead atoms. The van der Waals surface area contributed by atoms with E-state index in [-0.39, 0.29) is 16.8 Å². The Morgan fingerprint density at radius 3 is 1.82 bits per heavy atom. The first-order chi connectivity index (χ1) is 10.6. The summed E-state index contributed by atoms with van der Waals surface area (Å²) < 4.78 is 14.0. The quantitative estimate of drug-likeness (QED) is 0.420. The molecule has 1 heterocycles. The van der Waals surface area contributed by atoms with Crippen molar-refractivity contribution in [3.63, 3.8) is 0 Å². The predicted molar refractivity (Wildman–Crippen MR) is 88.2 cm³/mol. The van der Waals surface area contributed by atoms with Crippen molar-refractivity contribution in [3.05, 3.63) is 66.7 Å². The van der Waals surface area contributed by atoms with Crippen LogP contribution in [0.5, 0.6) is 11.5 Å². The maximum Gasteiger partial charge on any atom is 0.176 e. The standard InChI is InChI=1S/C18H13O3P/c19-12-9-10-15(20)18(11-12)22(21)16-7-3-1-5-13(16)14-6-2-4-8-17(14)22/h1-11,19-20H. The summed E-state index contributed by atoms with van der Waals surface area (Å²) in [6.45, 7) is 0. The van der Waals surface area contributed by atoms with Crippen LogP contribution < -0.4 is 15.9 Å². The van der Waals surface area contributed by atoms with Gasteiger partial charge in [0.05, 0.1) is 5.30 Å². The van der Waals surface area contributed by atoms with E-state index in [1.54, 1.807) is 0 Å². The first kappa shape index (κ1) is 13.2. The van der Waals surface area contributed by atoms with E-state index in [0.29, 0.717) is 10.6 Å². The Kier molecular flexibility index (Phi) is 2.69. The van der Waals surface area contributed by atoms with Gasteiger partial charge in [0, 0.05) is 10.6 Å². The van der Waals surface area contributed by atoms with Crippen LogP contribution in [0.3, 0.4) is 0 Å². The van der Waals surface area contributed by atoms with Gasteiger partial charge in [0.25, 0.3) is 0 Å². The first-order valence-corrected chi connectivity index (χ1v) is 8.65. The number of aromatic hydroxyl groups is 2. The Balaban J connectivity index is 2.14. The highest BCUT2D eigenvalue weighted by molar-refractivity contribution is 7.86. The number of phenolic OH excluding ortho intramolecular Hbond substituents is 2. The third-order valence-corrected chi connectivity index (χ3v) is 7.25. The van der Waals surface area contributed by atoms with Gasteiger partial charge >= 0.3 is 0 Å². The van der Waals surface area contributed by atoms with Crippen LogP contribution in [-0.4, -0.2) is 10.2 Å². The second-order valence-electron chi connectivity index (χ2n) is 5.32. The molecule has 0 spiro atoms. The van der Waals surface area contributed by atoms with Crippen molar-refractivity contribution in [2.45, 2.75) is 0 Å². The zero-order chi connectivity index (χ0) is 15.3. The van der Waals surface area contributed by atoms with Crippen LogP contribution in [0.1, 0.15) is 0 Å². The molecular weight excluding hydrogens is 295 g/mol. The number of rotatable bonds is 1. The predicted octanol–water partition coefficient (Wildman–Crippen LogP) is 2.72. The van der Waals surface area contributed by atoms with Gasteiger partial charge in [-0.25, -0.2) is 0 Å². The summed E-state index contributed by atoms with van der Waals surface area (Å²) in [4.78, 5) is 0. The summed E-state index contributed by atoms with van der Waals surface area (Å²) in [6.07, 6.45) is 0. The molecule has 0 aliphatic carbocycles. The molecule has 3 aromatic carbocycles. The second-order valence-corrected chi connectivity index (χ2v) is 7.98. The Labute approximate surface area is 127 Å². The third kappa shape index (κ3) is 1.60. The molecule has 0 atom stereocenters. The molecule has 0 fully saturated rings. The molecule has 0 radical (unpaired) electrons. The molecule has 1 aliphatic rings. The number of phenols is 2. The summed E-state index contributed by atoms with van der Waals surface area (Å²) in [5.41, 5.74) is 1.84. The van der Waals surface area contributed by atoms with E-state index in [4.69, 9.17) is 0 Å². The average molecular weight is 308 g/mol. The third-order valence-electron chi connectivity index (χ3n) is 4.08. The minimum atomic E-state index is -3.18. The summed E-state index contributed by atoms with van der Waals surface area (Å²) in [5.74, 6) is -0.0717. The molecule has 3 aromatic rings. The lowest BCUT2D eigenvalue weighted by atomic mass is 10.1. The Morgan fingerprint density at radius 2 is 1.23 bits per heavy atom. The largest absolute Gasteiger partial charge is 0.508 e. The van der Waals surface area contributed by atoms with Gasteiger partial charge in [-0.2, -0.15) is 0 Å². The van der Waals surface area contributed by atoms with E-state index < -0.39 is 7.14 Å². The summed E-state index contributed by atoms with van der Waals surface area (Å²) in [5, 5.41) is 21.7. The molecule has 2 N–H and O–H groups in total. The molecule has 108 valence electrons. The minimum Gasteiger partial charge on any atom is -0.508 e. The zero-order valence-corrected chi connectivity index (χ0v) is 12.5. The van der Waals surface area contributed by atoms with Crippen LogP contribution >= 0.6 is 7.14 Å². The summed E-state index contributed by atoms with van der Waals surface area (Å²) in [7, 11) is -3.18. The molecule has 22 heavy (non-hydrogen) atoms. The lowest BCUT2D eigenvalue weighted by Gasteiger charge is -2.17. The van der Waals surface area contributed by atoms with Gasteiger partial charge in [-0.15, -0.1) is 0 Å². The molecule has 4 heteroatoms. The van der Waals surface area contributed by atoms with E-state index in [9.17, 15) is 14.8 Å². The smallest absolute Gasteiger partial charge is 0.176 e. The van der Waals surface area contributed by atoms with Gasteiger partial charge in [0.2, 0.25) is 0 Å². The maximum absolute atomic E-state index is 14.0. The lowest BCUT2D eigenvalue weighted by Crippen LogP contribution is -2.21. The molecule has 0 unspecified atom stereocenters. The fourth-order valence-electron chi connectivity index (χ4n) is 3.11. The van der Waals surface area contributed by atoms with Gasteiger partial charge in [0.1, 0.15) is 11.5 Å². The van der Waals surface area contributed by atoms with Crippen molar-refractivity contribution in [2.24, 2.45) is 0 Å². The van der Waals surface area contributed by atoms with E-state index >= 15 is 0 Å². The van der Waals surface area contributed by atoms with Gasteiger partial charge < -0.3 is 14.8 Å². The minimum absolute atomic E-state index is 0.00936. The molecule has 4 rings (SSSR count). The molecule has 0 saturated carbocycles. The lowest BCUT2D eigenvalue weighted by molar-refractivity contribution is 0.463. The highest BCUT2D eigenvalue weighted by Gasteiger charge is 2.41. The number of hydrogen-bond donors (Lipinski definition) is 2. The van der Waals surface area contributed by atoms with Crippen molar-refractivity contribution in [3.8, 4) is 22.6 Å². The highest BCUT2D eigenvalue weighted by Crippen LogP contribution is 2.53. The Hall–Kier alpha value is -2.51. The van der Waals surface area contributed by atoms with Crippen LogP contribution in [0, 0.1) is 0 Å². The number of hydrogen-bond acceptors (Lipinski definition) is 3. The van der Waals surface area contributed by atoms with Gasteiger partial charge in [-0.05, 0) is 29.3 Å². The zero-order valence-electron chi connectivity index (χ0n) is 11.6. The van der Waals surface area contributed by atoms with Gasteiger partial charge in [0.15, 0.2) is 7.14 Å². The highest BCUT2D eigenvalue weighted by atomic mass is 31.2. The SMILES string of the molecule is O=P1(c2cc(O)ccc2O)c2ccccc2-c2ccccc21. The number of benzene rings is 3. The van der Waals surface area contributed by atoms with Crippen LogP contribution in [0.15, 0.2) is 66.7 Å². The fourth-order valence-corrected chi connectivity index (χ4v) is 6.26. The fraction of sp³-hybridized carbons (Fsp3) is 0. The van der Waals surface area contributed by atoms with Crippen molar-refractivity contribution >= 4 is 23.1 Å². The van der Waals surface area contributed by atoms with E-state index in [1.807, 2.05) is 48.5 Å². The first-order valence-electron chi connectivity index (χ1n) is 6.94. The van der Waals surface area contributed by atoms with Crippen LogP contribution in [0.4, 0.5) is 0 Å². The van der Waals surface area contributed by atoms with Crippen molar-refractivity contribution in [1.82, 2.24) is 0 Å². The molecule has 1 aliphatic heterocycles. The molecule has 0 amide bonds. The number of fused-ring (bicyclic) bond motifs is 3. The molecule has 3 nitrogen and oxygen atoms in total. The van der Waals surface area contributed by atoms with Crippen LogP contribution in [0.2, 0.25) is 0 Å². The van der Waals surface area contributed by atoms with E-state index in [2.05, 4.69) is 0 Å². The normalized spacial score (nSPS) is 14.4. The van der Waals surface area contributed by atoms with Crippen LogP contribution in [0.25, 0.3) is 11.1 Å². The summed E-state index contributed by atoms with van der Waals surface area (Å²) >= 11 is 0. The average Bonchev–Trinajstić information content (AvgIpc) is 2.81. The Morgan fingerprint density at radius 1 is 0.682 bits per heavy atom. The monoisotopic (exact) mass is 308 g/mol.